The van der Waals surface area contributed by atoms with Crippen LogP contribution >= 0.6 is 0 Å². The van der Waals surface area contributed by atoms with Crippen LogP contribution in [0.3, 0.4) is 0 Å². The van der Waals surface area contributed by atoms with Gasteiger partial charge < -0.3 is 19.3 Å². The Morgan fingerprint density at radius 3 is 2.44 bits per heavy atom. The maximum Gasteiger partial charge on any atom is 0.320 e. The van der Waals surface area contributed by atoms with Crippen LogP contribution in [0.1, 0.15) is 30.1 Å². The van der Waals surface area contributed by atoms with E-state index in [9.17, 15) is 9.59 Å². The van der Waals surface area contributed by atoms with Crippen molar-refractivity contribution in [3.63, 3.8) is 0 Å². The number of hydrogen-bond donors (Lipinski definition) is 0. The number of nitrogens with zero attached hydrogens (tertiary/aromatic N) is 4. The van der Waals surface area contributed by atoms with Crippen molar-refractivity contribution in [1.29, 1.82) is 0 Å². The van der Waals surface area contributed by atoms with Crippen molar-refractivity contribution in [3.05, 3.63) is 59.9 Å². The lowest BCUT2D eigenvalue weighted by atomic mass is 10.00. The molecule has 142 valence electrons. The number of carbonyl (C=O) groups excluding carboxylic acids is 2. The zero-order valence-electron chi connectivity index (χ0n) is 15.9. The number of amides is 3. The van der Waals surface area contributed by atoms with Gasteiger partial charge in [0.2, 0.25) is 5.91 Å². The van der Waals surface area contributed by atoms with E-state index in [1.165, 1.54) is 0 Å². The van der Waals surface area contributed by atoms with Gasteiger partial charge in [-0.1, -0.05) is 30.3 Å². The molecule has 2 aliphatic rings. The molecule has 2 aromatic rings. The Hall–Kier alpha value is -2.76. The van der Waals surface area contributed by atoms with Gasteiger partial charge in [-0.15, -0.1) is 0 Å². The van der Waals surface area contributed by atoms with Crippen molar-refractivity contribution >= 4 is 11.9 Å². The van der Waals surface area contributed by atoms with Gasteiger partial charge in [0.25, 0.3) is 0 Å². The van der Waals surface area contributed by atoms with Crippen LogP contribution in [-0.4, -0.2) is 64.4 Å². The van der Waals surface area contributed by atoms with Gasteiger partial charge in [-0.05, 0) is 30.5 Å². The lowest BCUT2D eigenvalue weighted by Gasteiger charge is -2.38. The van der Waals surface area contributed by atoms with Gasteiger partial charge in [0.05, 0.1) is 6.04 Å². The number of rotatable bonds is 4. The third-order valence-corrected chi connectivity index (χ3v) is 5.40. The SMILES string of the molecule is CN(C)C(=O)N(CC(=O)N1CCn2cccc2C1c1ccccc1)C1CC1. The molecule has 1 saturated carbocycles. The van der Waals surface area contributed by atoms with Gasteiger partial charge in [0.15, 0.2) is 0 Å². The fourth-order valence-electron chi connectivity index (χ4n) is 3.87. The van der Waals surface area contributed by atoms with Crippen LogP contribution in [-0.2, 0) is 11.3 Å². The molecule has 4 rings (SSSR count). The van der Waals surface area contributed by atoms with E-state index in [2.05, 4.69) is 29.0 Å². The van der Waals surface area contributed by atoms with E-state index >= 15 is 0 Å². The number of urea groups is 1. The predicted octanol–water partition coefficient (Wildman–Crippen LogP) is 2.57. The highest BCUT2D eigenvalue weighted by atomic mass is 16.2. The van der Waals surface area contributed by atoms with Crippen LogP contribution in [0.5, 0.6) is 0 Å². The first-order chi connectivity index (χ1) is 13.1. The minimum Gasteiger partial charge on any atom is -0.348 e. The second-order valence-electron chi connectivity index (χ2n) is 7.56. The molecular formula is C21H26N4O2. The Kier molecular flexibility index (Phi) is 4.64. The number of fused-ring (bicyclic) bond motifs is 1. The quantitative estimate of drug-likeness (QED) is 0.835. The fourth-order valence-corrected chi connectivity index (χ4v) is 3.87. The summed E-state index contributed by atoms with van der Waals surface area (Å²) in [5, 5.41) is 0. The van der Waals surface area contributed by atoms with E-state index in [1.54, 1.807) is 23.9 Å². The fraction of sp³-hybridized carbons (Fsp3) is 0.429. The normalized spacial score (nSPS) is 18.7. The first-order valence-corrected chi connectivity index (χ1v) is 9.53. The third-order valence-electron chi connectivity index (χ3n) is 5.40. The lowest BCUT2D eigenvalue weighted by molar-refractivity contribution is -0.134. The summed E-state index contributed by atoms with van der Waals surface area (Å²) in [5.74, 6) is 0.0124. The second kappa shape index (κ2) is 7.10. The zero-order chi connectivity index (χ0) is 19.0. The molecule has 1 fully saturated rings. The van der Waals surface area contributed by atoms with Crippen LogP contribution in [0.15, 0.2) is 48.7 Å². The molecule has 0 radical (unpaired) electrons. The van der Waals surface area contributed by atoms with E-state index in [1.807, 2.05) is 29.2 Å². The first kappa shape index (κ1) is 17.6. The Bertz CT molecular complexity index is 826. The van der Waals surface area contributed by atoms with E-state index in [4.69, 9.17) is 0 Å². The van der Waals surface area contributed by atoms with Gasteiger partial charge in [0.1, 0.15) is 6.54 Å². The van der Waals surface area contributed by atoms with Gasteiger partial charge in [-0.2, -0.15) is 0 Å². The Balaban J connectivity index is 1.61. The van der Waals surface area contributed by atoms with Gasteiger partial charge in [-0.25, -0.2) is 4.79 Å². The summed E-state index contributed by atoms with van der Waals surface area (Å²) in [6.45, 7) is 1.57. The average Bonchev–Trinajstić information content (AvgIpc) is 3.41. The molecule has 1 aromatic heterocycles. The molecule has 1 aliphatic heterocycles. The third kappa shape index (κ3) is 3.44. The molecule has 0 N–H and O–H groups in total. The van der Waals surface area contributed by atoms with E-state index < -0.39 is 0 Å². The van der Waals surface area contributed by atoms with E-state index in [0.29, 0.717) is 6.54 Å². The summed E-state index contributed by atoms with van der Waals surface area (Å²) in [7, 11) is 3.48. The van der Waals surface area contributed by atoms with Crippen LogP contribution in [0, 0.1) is 0 Å². The average molecular weight is 366 g/mol. The zero-order valence-corrected chi connectivity index (χ0v) is 15.9. The predicted molar refractivity (Wildman–Crippen MR) is 103 cm³/mol. The van der Waals surface area contributed by atoms with Crippen molar-refractivity contribution in [1.82, 2.24) is 19.3 Å². The molecule has 1 unspecified atom stereocenters. The van der Waals surface area contributed by atoms with Crippen molar-refractivity contribution in [2.75, 3.05) is 27.2 Å². The standard InChI is InChI=1S/C21H26N4O2/c1-22(2)21(27)25(17-10-11-17)15-19(26)24-14-13-23-12-6-9-18(23)20(24)16-7-4-3-5-8-16/h3-9,12,17,20H,10-11,13-15H2,1-2H3. The first-order valence-electron chi connectivity index (χ1n) is 9.53. The molecule has 6 heteroatoms. The minimum absolute atomic E-state index is 0.0124. The van der Waals surface area contributed by atoms with Gasteiger partial charge in [0, 0.05) is 45.1 Å². The Labute approximate surface area is 160 Å². The summed E-state index contributed by atoms with van der Waals surface area (Å²) in [4.78, 5) is 31.0. The van der Waals surface area contributed by atoms with Crippen molar-refractivity contribution in [2.45, 2.75) is 31.5 Å². The number of carbonyl (C=O) groups is 2. The molecule has 3 amide bonds. The Morgan fingerprint density at radius 1 is 1.04 bits per heavy atom. The molecule has 0 saturated heterocycles. The summed E-state index contributed by atoms with van der Waals surface area (Å²) in [6, 6.07) is 14.3. The topological polar surface area (TPSA) is 48.8 Å². The lowest BCUT2D eigenvalue weighted by Crippen LogP contribution is -2.50. The molecule has 0 bridgehead atoms. The highest BCUT2D eigenvalue weighted by Gasteiger charge is 2.38. The van der Waals surface area contributed by atoms with Crippen molar-refractivity contribution < 1.29 is 9.59 Å². The highest BCUT2D eigenvalue weighted by Crippen LogP contribution is 2.33. The van der Waals surface area contributed by atoms with Crippen LogP contribution in [0.25, 0.3) is 0 Å². The molecule has 0 spiro atoms. The van der Waals surface area contributed by atoms with Crippen molar-refractivity contribution in [3.8, 4) is 0 Å². The summed E-state index contributed by atoms with van der Waals surface area (Å²) < 4.78 is 2.21. The maximum atomic E-state index is 13.3. The summed E-state index contributed by atoms with van der Waals surface area (Å²) >= 11 is 0. The van der Waals surface area contributed by atoms with Gasteiger partial charge >= 0.3 is 6.03 Å². The molecule has 2 heterocycles. The summed E-state index contributed by atoms with van der Waals surface area (Å²) in [5.41, 5.74) is 2.22. The molecule has 27 heavy (non-hydrogen) atoms. The largest absolute Gasteiger partial charge is 0.348 e. The van der Waals surface area contributed by atoms with Crippen LogP contribution < -0.4 is 0 Å². The molecular weight excluding hydrogens is 340 g/mol. The second-order valence-corrected chi connectivity index (χ2v) is 7.56. The van der Waals surface area contributed by atoms with Crippen LogP contribution in [0.2, 0.25) is 0 Å². The summed E-state index contributed by atoms with van der Waals surface area (Å²) in [6.07, 6.45) is 4.04. The van der Waals surface area contributed by atoms with Crippen LogP contribution in [0.4, 0.5) is 4.79 Å². The molecule has 1 aliphatic carbocycles. The van der Waals surface area contributed by atoms with E-state index in [-0.39, 0.29) is 30.6 Å². The molecule has 1 atom stereocenters. The molecule has 6 nitrogen and oxygen atoms in total. The smallest absolute Gasteiger partial charge is 0.320 e. The number of hydrogen-bond acceptors (Lipinski definition) is 2. The van der Waals surface area contributed by atoms with E-state index in [0.717, 1.165) is 30.6 Å². The maximum absolute atomic E-state index is 13.3. The highest BCUT2D eigenvalue weighted by molar-refractivity contribution is 5.85. The monoisotopic (exact) mass is 366 g/mol. The number of aromatic nitrogens is 1. The Morgan fingerprint density at radius 2 is 1.78 bits per heavy atom. The minimum atomic E-state index is -0.113. The van der Waals surface area contributed by atoms with Crippen molar-refractivity contribution in [2.24, 2.45) is 0 Å². The van der Waals surface area contributed by atoms with Gasteiger partial charge in [-0.3, -0.25) is 4.79 Å². The number of benzene rings is 1. The molecule has 1 aromatic carbocycles.